The Bertz CT molecular complexity index is 359. The lowest BCUT2D eigenvalue weighted by Crippen LogP contribution is -2.49. The van der Waals surface area contributed by atoms with Crippen LogP contribution in [0.15, 0.2) is 18.2 Å². The van der Waals surface area contributed by atoms with Gasteiger partial charge in [0.25, 0.3) is 0 Å². The van der Waals surface area contributed by atoms with E-state index in [1.165, 1.54) is 0 Å². The summed E-state index contributed by atoms with van der Waals surface area (Å²) in [5, 5.41) is 3.39. The largest absolute Gasteiger partial charge is 0.497 e. The lowest BCUT2D eigenvalue weighted by Gasteiger charge is -2.36. The standard InChI is InChI=1S/C13H20N2O2/c1-10-9-14-4-5-15(10)11-6-12(16-2)8-13(7-11)17-3/h6-8,10,14H,4-5,9H2,1-3H3. The molecule has 1 unspecified atom stereocenters. The molecule has 0 bridgehead atoms. The first-order valence-electron chi connectivity index (χ1n) is 5.95. The van der Waals surface area contributed by atoms with E-state index in [0.29, 0.717) is 6.04 Å². The fourth-order valence-electron chi connectivity index (χ4n) is 2.18. The molecule has 1 aliphatic rings. The van der Waals surface area contributed by atoms with Gasteiger partial charge in [-0.3, -0.25) is 0 Å². The molecule has 0 saturated carbocycles. The zero-order valence-corrected chi connectivity index (χ0v) is 10.7. The van der Waals surface area contributed by atoms with Gasteiger partial charge in [0.05, 0.1) is 14.2 Å². The maximum absolute atomic E-state index is 5.30. The molecule has 2 rings (SSSR count). The number of piperazine rings is 1. The van der Waals surface area contributed by atoms with Gasteiger partial charge in [-0.05, 0) is 6.92 Å². The highest BCUT2D eigenvalue weighted by Gasteiger charge is 2.19. The lowest BCUT2D eigenvalue weighted by molar-refractivity contribution is 0.393. The molecule has 1 aliphatic heterocycles. The number of hydrogen-bond acceptors (Lipinski definition) is 4. The van der Waals surface area contributed by atoms with Crippen molar-refractivity contribution in [1.82, 2.24) is 5.32 Å². The molecule has 1 heterocycles. The summed E-state index contributed by atoms with van der Waals surface area (Å²) in [7, 11) is 3.36. The topological polar surface area (TPSA) is 33.7 Å². The van der Waals surface area contributed by atoms with Crippen molar-refractivity contribution in [1.29, 1.82) is 0 Å². The van der Waals surface area contributed by atoms with Crippen LogP contribution in [0.3, 0.4) is 0 Å². The van der Waals surface area contributed by atoms with Crippen molar-refractivity contribution in [3.05, 3.63) is 18.2 Å². The fraction of sp³-hybridized carbons (Fsp3) is 0.538. The average molecular weight is 236 g/mol. The van der Waals surface area contributed by atoms with Crippen molar-refractivity contribution in [3.63, 3.8) is 0 Å². The SMILES string of the molecule is COc1cc(OC)cc(N2CCNCC2C)c1. The molecule has 0 aliphatic carbocycles. The van der Waals surface area contributed by atoms with E-state index in [4.69, 9.17) is 9.47 Å². The minimum atomic E-state index is 0.487. The van der Waals surface area contributed by atoms with E-state index in [9.17, 15) is 0 Å². The third-order valence-electron chi connectivity index (χ3n) is 3.17. The van der Waals surface area contributed by atoms with Gasteiger partial charge in [-0.2, -0.15) is 0 Å². The maximum Gasteiger partial charge on any atom is 0.124 e. The number of methoxy groups -OCH3 is 2. The van der Waals surface area contributed by atoms with Gasteiger partial charge in [0.15, 0.2) is 0 Å². The Morgan fingerprint density at radius 2 is 1.82 bits per heavy atom. The quantitative estimate of drug-likeness (QED) is 0.862. The molecule has 0 spiro atoms. The van der Waals surface area contributed by atoms with Crippen molar-refractivity contribution in [3.8, 4) is 11.5 Å². The van der Waals surface area contributed by atoms with E-state index in [0.717, 1.165) is 36.8 Å². The van der Waals surface area contributed by atoms with Crippen LogP contribution in [-0.2, 0) is 0 Å². The van der Waals surface area contributed by atoms with Crippen molar-refractivity contribution in [2.24, 2.45) is 0 Å². The Morgan fingerprint density at radius 3 is 2.35 bits per heavy atom. The van der Waals surface area contributed by atoms with Gasteiger partial charge in [0.2, 0.25) is 0 Å². The third-order valence-corrected chi connectivity index (χ3v) is 3.17. The van der Waals surface area contributed by atoms with Crippen LogP contribution in [0.4, 0.5) is 5.69 Å². The number of hydrogen-bond donors (Lipinski definition) is 1. The van der Waals surface area contributed by atoms with Crippen molar-refractivity contribution < 1.29 is 9.47 Å². The molecule has 4 nitrogen and oxygen atoms in total. The van der Waals surface area contributed by atoms with Gasteiger partial charge in [0, 0.05) is 49.6 Å². The van der Waals surface area contributed by atoms with Crippen LogP contribution < -0.4 is 19.7 Å². The molecule has 1 saturated heterocycles. The van der Waals surface area contributed by atoms with Crippen molar-refractivity contribution >= 4 is 5.69 Å². The van der Waals surface area contributed by atoms with E-state index in [2.05, 4.69) is 29.3 Å². The van der Waals surface area contributed by atoms with Gasteiger partial charge < -0.3 is 19.7 Å². The molecule has 4 heteroatoms. The summed E-state index contributed by atoms with van der Waals surface area (Å²) in [4.78, 5) is 2.38. The van der Waals surface area contributed by atoms with Crippen molar-refractivity contribution in [2.75, 3.05) is 38.8 Å². The predicted octanol–water partition coefficient (Wildman–Crippen LogP) is 1.50. The molecule has 1 aromatic carbocycles. The Morgan fingerprint density at radius 1 is 1.18 bits per heavy atom. The number of benzene rings is 1. The minimum absolute atomic E-state index is 0.487. The molecular formula is C13H20N2O2. The fourth-order valence-corrected chi connectivity index (χ4v) is 2.18. The normalized spacial score (nSPS) is 20.2. The zero-order chi connectivity index (χ0) is 12.3. The highest BCUT2D eigenvalue weighted by molar-refractivity contribution is 5.56. The average Bonchev–Trinajstić information content (AvgIpc) is 2.38. The predicted molar refractivity (Wildman–Crippen MR) is 69.2 cm³/mol. The monoisotopic (exact) mass is 236 g/mol. The third kappa shape index (κ3) is 2.64. The van der Waals surface area contributed by atoms with Crippen LogP contribution in [0.5, 0.6) is 11.5 Å². The summed E-state index contributed by atoms with van der Waals surface area (Å²) in [6.45, 7) is 5.26. The van der Waals surface area contributed by atoms with Gasteiger partial charge in [0.1, 0.15) is 11.5 Å². The van der Waals surface area contributed by atoms with Crippen LogP contribution in [0, 0.1) is 0 Å². The van der Waals surface area contributed by atoms with Crippen LogP contribution in [0.25, 0.3) is 0 Å². The highest BCUT2D eigenvalue weighted by Crippen LogP contribution is 2.29. The first-order valence-corrected chi connectivity index (χ1v) is 5.95. The summed E-state index contributed by atoms with van der Waals surface area (Å²) in [6.07, 6.45) is 0. The van der Waals surface area contributed by atoms with Gasteiger partial charge in [-0.25, -0.2) is 0 Å². The second kappa shape index (κ2) is 5.27. The first kappa shape index (κ1) is 12.0. The molecular weight excluding hydrogens is 216 g/mol. The summed E-state index contributed by atoms with van der Waals surface area (Å²) in [5.41, 5.74) is 1.16. The molecule has 0 amide bonds. The van der Waals surface area contributed by atoms with E-state index in [1.54, 1.807) is 14.2 Å². The Labute approximate surface area is 103 Å². The summed E-state index contributed by atoms with van der Waals surface area (Å²) >= 11 is 0. The number of nitrogens with zero attached hydrogens (tertiary/aromatic N) is 1. The summed E-state index contributed by atoms with van der Waals surface area (Å²) in [5.74, 6) is 1.68. The molecule has 17 heavy (non-hydrogen) atoms. The highest BCUT2D eigenvalue weighted by atomic mass is 16.5. The number of rotatable bonds is 3. The molecule has 0 radical (unpaired) electrons. The van der Waals surface area contributed by atoms with Crippen LogP contribution >= 0.6 is 0 Å². The van der Waals surface area contributed by atoms with Gasteiger partial charge >= 0.3 is 0 Å². The van der Waals surface area contributed by atoms with E-state index in [-0.39, 0.29) is 0 Å². The number of nitrogens with one attached hydrogen (secondary N) is 1. The van der Waals surface area contributed by atoms with Crippen LogP contribution in [0.2, 0.25) is 0 Å². The van der Waals surface area contributed by atoms with E-state index in [1.807, 2.05) is 6.07 Å². The molecule has 1 fully saturated rings. The number of anilines is 1. The molecule has 1 atom stereocenters. The molecule has 0 aromatic heterocycles. The summed E-state index contributed by atoms with van der Waals surface area (Å²) < 4.78 is 10.6. The van der Waals surface area contributed by atoms with E-state index < -0.39 is 0 Å². The zero-order valence-electron chi connectivity index (χ0n) is 10.7. The smallest absolute Gasteiger partial charge is 0.124 e. The first-order chi connectivity index (χ1) is 8.24. The Balaban J connectivity index is 2.29. The maximum atomic E-state index is 5.30. The van der Waals surface area contributed by atoms with Gasteiger partial charge in [-0.1, -0.05) is 0 Å². The minimum Gasteiger partial charge on any atom is -0.497 e. The molecule has 1 N–H and O–H groups in total. The van der Waals surface area contributed by atoms with Gasteiger partial charge in [-0.15, -0.1) is 0 Å². The Hall–Kier alpha value is -1.42. The summed E-state index contributed by atoms with van der Waals surface area (Å²) in [6, 6.07) is 6.51. The Kier molecular flexibility index (Phi) is 3.74. The lowest BCUT2D eigenvalue weighted by atomic mass is 10.1. The van der Waals surface area contributed by atoms with E-state index >= 15 is 0 Å². The van der Waals surface area contributed by atoms with Crippen LogP contribution in [-0.4, -0.2) is 39.9 Å². The number of ether oxygens (including phenoxy) is 2. The second-order valence-corrected chi connectivity index (χ2v) is 4.32. The molecule has 94 valence electrons. The van der Waals surface area contributed by atoms with Crippen LogP contribution in [0.1, 0.15) is 6.92 Å². The molecule has 1 aromatic rings. The second-order valence-electron chi connectivity index (χ2n) is 4.32. The van der Waals surface area contributed by atoms with Crippen molar-refractivity contribution in [2.45, 2.75) is 13.0 Å².